The number of nitrogens with zero attached hydrogens (tertiary/aromatic N) is 3. The molecule has 0 aromatic heterocycles. The maximum Gasteiger partial charge on any atom is 0.241 e. The Hall–Kier alpha value is -2.12. The molecule has 3 heterocycles. The average molecular weight is 372 g/mol. The Labute approximate surface area is 160 Å². The third kappa shape index (κ3) is 3.66. The molecule has 3 aliphatic rings. The van der Waals surface area contributed by atoms with Gasteiger partial charge >= 0.3 is 0 Å². The summed E-state index contributed by atoms with van der Waals surface area (Å²) in [7, 11) is 2.15. The Morgan fingerprint density at radius 2 is 2.07 bits per heavy atom. The summed E-state index contributed by atoms with van der Waals surface area (Å²) in [6.45, 7) is 4.86. The van der Waals surface area contributed by atoms with Crippen molar-refractivity contribution in [1.82, 2.24) is 15.1 Å². The second-order valence-corrected chi connectivity index (χ2v) is 7.82. The van der Waals surface area contributed by atoms with Gasteiger partial charge in [0.2, 0.25) is 11.8 Å². The number of carbonyl (C=O) groups excluding carboxylic acids is 2. The normalized spacial score (nSPS) is 26.9. The van der Waals surface area contributed by atoms with Gasteiger partial charge in [0.1, 0.15) is 12.4 Å². The summed E-state index contributed by atoms with van der Waals surface area (Å²) in [5.41, 5.74) is 0.836. The first-order valence-electron chi connectivity index (χ1n) is 9.80. The molecule has 1 aromatic rings. The maximum absolute atomic E-state index is 13.1. The van der Waals surface area contributed by atoms with Gasteiger partial charge in [-0.1, -0.05) is 12.1 Å². The molecule has 0 radical (unpaired) electrons. The molecule has 0 aliphatic carbocycles. The van der Waals surface area contributed by atoms with Gasteiger partial charge in [-0.3, -0.25) is 19.4 Å². The molecule has 1 aromatic carbocycles. The first-order valence-corrected chi connectivity index (χ1v) is 9.80. The fourth-order valence-corrected chi connectivity index (χ4v) is 4.52. The topological polar surface area (TPSA) is 65.1 Å². The minimum Gasteiger partial charge on any atom is -0.490 e. The molecular formula is C20H28N4O3. The molecule has 0 saturated carbocycles. The van der Waals surface area contributed by atoms with Crippen molar-refractivity contribution in [3.05, 3.63) is 24.3 Å². The van der Waals surface area contributed by atoms with E-state index in [0.717, 1.165) is 43.9 Å². The van der Waals surface area contributed by atoms with Crippen molar-refractivity contribution in [2.24, 2.45) is 0 Å². The van der Waals surface area contributed by atoms with Crippen LogP contribution in [0.25, 0.3) is 0 Å². The van der Waals surface area contributed by atoms with E-state index in [2.05, 4.69) is 22.2 Å². The molecule has 27 heavy (non-hydrogen) atoms. The molecule has 1 unspecified atom stereocenters. The molecule has 2 fully saturated rings. The molecule has 7 nitrogen and oxygen atoms in total. The zero-order valence-corrected chi connectivity index (χ0v) is 15.9. The lowest BCUT2D eigenvalue weighted by molar-refractivity contribution is -0.122. The summed E-state index contributed by atoms with van der Waals surface area (Å²) in [5, 5.41) is 2.98. The quantitative estimate of drug-likeness (QED) is 0.828. The number of para-hydroxylation sites is 2. The second kappa shape index (κ2) is 7.48. The Morgan fingerprint density at radius 1 is 1.22 bits per heavy atom. The lowest BCUT2D eigenvalue weighted by Crippen LogP contribution is -2.62. The number of benzene rings is 1. The maximum atomic E-state index is 13.1. The van der Waals surface area contributed by atoms with Crippen LogP contribution in [-0.2, 0) is 9.59 Å². The fourth-order valence-electron chi connectivity index (χ4n) is 4.52. The standard InChI is InChI=1S/C20H28N4O3/c1-22-10-11-23(15-20(22)7-6-18(25)21-9-8-20)14-19(26)24-12-13-27-17-5-3-2-4-16(17)24/h2-5H,6-15H2,1H3,(H,21,25). The lowest BCUT2D eigenvalue weighted by atomic mass is 9.86. The highest BCUT2D eigenvalue weighted by Gasteiger charge is 2.41. The molecule has 3 aliphatic heterocycles. The van der Waals surface area contributed by atoms with Crippen LogP contribution in [0.3, 0.4) is 0 Å². The van der Waals surface area contributed by atoms with E-state index in [1.807, 2.05) is 29.2 Å². The van der Waals surface area contributed by atoms with E-state index in [0.29, 0.717) is 32.7 Å². The number of nitrogens with one attached hydrogen (secondary N) is 1. The van der Waals surface area contributed by atoms with Gasteiger partial charge in [-0.25, -0.2) is 0 Å². The molecule has 1 atom stereocenters. The summed E-state index contributed by atoms with van der Waals surface area (Å²) in [5.74, 6) is 1.03. The monoisotopic (exact) mass is 372 g/mol. The Balaban J connectivity index is 1.45. The van der Waals surface area contributed by atoms with Gasteiger partial charge in [0, 0.05) is 38.1 Å². The third-order valence-corrected chi connectivity index (χ3v) is 6.20. The van der Waals surface area contributed by atoms with Crippen LogP contribution in [0, 0.1) is 0 Å². The predicted octanol–water partition coefficient (Wildman–Crippen LogP) is 0.698. The zero-order valence-electron chi connectivity index (χ0n) is 15.9. The summed E-state index contributed by atoms with van der Waals surface area (Å²) < 4.78 is 5.67. The highest BCUT2D eigenvalue weighted by atomic mass is 16.5. The molecule has 7 heteroatoms. The van der Waals surface area contributed by atoms with Gasteiger partial charge in [0.05, 0.1) is 18.8 Å². The molecular weight excluding hydrogens is 344 g/mol. The Bertz CT molecular complexity index is 725. The van der Waals surface area contributed by atoms with Crippen molar-refractivity contribution in [3.8, 4) is 5.75 Å². The number of anilines is 1. The highest BCUT2D eigenvalue weighted by molar-refractivity contribution is 5.96. The second-order valence-electron chi connectivity index (χ2n) is 7.82. The van der Waals surface area contributed by atoms with Crippen molar-refractivity contribution >= 4 is 17.5 Å². The van der Waals surface area contributed by atoms with Crippen molar-refractivity contribution in [2.45, 2.75) is 24.8 Å². The van der Waals surface area contributed by atoms with Crippen LogP contribution < -0.4 is 15.0 Å². The first-order chi connectivity index (χ1) is 13.1. The van der Waals surface area contributed by atoms with E-state index < -0.39 is 0 Å². The van der Waals surface area contributed by atoms with E-state index in [9.17, 15) is 9.59 Å². The van der Waals surface area contributed by atoms with Crippen LogP contribution >= 0.6 is 0 Å². The number of amides is 2. The molecule has 0 bridgehead atoms. The average Bonchev–Trinajstić information content (AvgIpc) is 2.86. The number of fused-ring (bicyclic) bond motifs is 1. The van der Waals surface area contributed by atoms with Crippen LogP contribution in [0.5, 0.6) is 5.75 Å². The SMILES string of the molecule is CN1CCN(CC(=O)N2CCOc3ccccc32)CC12CCNC(=O)CC2. The fraction of sp³-hybridized carbons (Fsp3) is 0.600. The number of piperazine rings is 1. The Kier molecular flexibility index (Phi) is 5.06. The van der Waals surface area contributed by atoms with Crippen molar-refractivity contribution in [3.63, 3.8) is 0 Å². The molecule has 2 saturated heterocycles. The zero-order chi connectivity index (χ0) is 18.9. The van der Waals surface area contributed by atoms with Gasteiger partial charge in [0.25, 0.3) is 0 Å². The van der Waals surface area contributed by atoms with E-state index in [1.54, 1.807) is 0 Å². The van der Waals surface area contributed by atoms with Gasteiger partial charge in [-0.15, -0.1) is 0 Å². The molecule has 1 spiro atoms. The van der Waals surface area contributed by atoms with Gasteiger partial charge in [-0.2, -0.15) is 0 Å². The van der Waals surface area contributed by atoms with Crippen molar-refractivity contribution < 1.29 is 14.3 Å². The summed E-state index contributed by atoms with van der Waals surface area (Å²) in [4.78, 5) is 31.3. The molecule has 1 N–H and O–H groups in total. The number of hydrogen-bond donors (Lipinski definition) is 1. The minimum absolute atomic E-state index is 0.0272. The van der Waals surface area contributed by atoms with E-state index in [1.165, 1.54) is 0 Å². The van der Waals surface area contributed by atoms with Crippen molar-refractivity contribution in [2.75, 3.05) is 57.8 Å². The highest BCUT2D eigenvalue weighted by Crippen LogP contribution is 2.32. The van der Waals surface area contributed by atoms with E-state index >= 15 is 0 Å². The summed E-state index contributed by atoms with van der Waals surface area (Å²) in [6, 6.07) is 7.72. The number of likely N-dealkylation sites (N-methyl/N-ethyl adjacent to an activating group) is 1. The first kappa shape index (κ1) is 18.3. The summed E-state index contributed by atoms with van der Waals surface area (Å²) >= 11 is 0. The number of rotatable bonds is 2. The molecule has 4 rings (SSSR count). The van der Waals surface area contributed by atoms with Crippen LogP contribution in [0.4, 0.5) is 5.69 Å². The van der Waals surface area contributed by atoms with E-state index in [-0.39, 0.29) is 17.4 Å². The van der Waals surface area contributed by atoms with Gasteiger partial charge < -0.3 is 15.0 Å². The van der Waals surface area contributed by atoms with Gasteiger partial charge in [0.15, 0.2) is 0 Å². The van der Waals surface area contributed by atoms with Crippen LogP contribution in [0.15, 0.2) is 24.3 Å². The molecule has 2 amide bonds. The summed E-state index contributed by atoms with van der Waals surface area (Å²) in [6.07, 6.45) is 2.34. The van der Waals surface area contributed by atoms with E-state index in [4.69, 9.17) is 4.74 Å². The van der Waals surface area contributed by atoms with Crippen molar-refractivity contribution in [1.29, 1.82) is 0 Å². The van der Waals surface area contributed by atoms with Gasteiger partial charge in [-0.05, 0) is 32.0 Å². The van der Waals surface area contributed by atoms with Crippen LogP contribution in [0.1, 0.15) is 19.3 Å². The number of carbonyl (C=O) groups is 2. The van der Waals surface area contributed by atoms with Crippen LogP contribution in [0.2, 0.25) is 0 Å². The smallest absolute Gasteiger partial charge is 0.241 e. The minimum atomic E-state index is -0.0272. The Morgan fingerprint density at radius 3 is 2.96 bits per heavy atom. The van der Waals surface area contributed by atoms with Crippen LogP contribution in [-0.4, -0.2) is 80.1 Å². The number of hydrogen-bond acceptors (Lipinski definition) is 5. The lowest BCUT2D eigenvalue weighted by Gasteiger charge is -2.49. The number of ether oxygens (including phenoxy) is 1. The largest absolute Gasteiger partial charge is 0.490 e. The predicted molar refractivity (Wildman–Crippen MR) is 103 cm³/mol. The molecule has 146 valence electrons. The third-order valence-electron chi connectivity index (χ3n) is 6.20.